The smallest absolute Gasteiger partial charge is 0.254 e. The van der Waals surface area contributed by atoms with Crippen molar-refractivity contribution < 1.29 is 23.2 Å². The van der Waals surface area contributed by atoms with Crippen molar-refractivity contribution in [2.45, 2.75) is 20.5 Å². The zero-order chi connectivity index (χ0) is 21.7. The third kappa shape index (κ3) is 5.22. The fraction of sp³-hybridized carbons (Fsp3) is 0.227. The van der Waals surface area contributed by atoms with Gasteiger partial charge in [-0.3, -0.25) is 9.59 Å². The van der Waals surface area contributed by atoms with E-state index in [0.29, 0.717) is 29.4 Å². The molecule has 156 valence electrons. The van der Waals surface area contributed by atoms with Gasteiger partial charge in [-0.1, -0.05) is 11.2 Å². The number of nitrogens with zero attached hydrogens (tertiary/aromatic N) is 2. The monoisotopic (exact) mass is 411 g/mol. The van der Waals surface area contributed by atoms with Crippen molar-refractivity contribution in [1.82, 2.24) is 10.1 Å². The van der Waals surface area contributed by atoms with Crippen molar-refractivity contribution in [3.63, 3.8) is 0 Å². The minimum atomic E-state index is -0.450. The van der Waals surface area contributed by atoms with Crippen molar-refractivity contribution in [3.8, 4) is 5.75 Å². The molecule has 1 aromatic heterocycles. The largest absolute Gasteiger partial charge is 0.489 e. The number of nitrogens with one attached hydrogen (secondary N) is 1. The molecule has 7 nitrogen and oxygen atoms in total. The Labute approximate surface area is 173 Å². The van der Waals surface area contributed by atoms with Crippen LogP contribution in [0.15, 0.2) is 53.1 Å². The van der Waals surface area contributed by atoms with Crippen LogP contribution in [0.2, 0.25) is 0 Å². The Morgan fingerprint density at radius 2 is 1.90 bits per heavy atom. The van der Waals surface area contributed by atoms with Gasteiger partial charge in [-0.25, -0.2) is 4.39 Å². The van der Waals surface area contributed by atoms with E-state index in [-0.39, 0.29) is 12.5 Å². The number of hydrogen-bond acceptors (Lipinski definition) is 5. The molecule has 2 aromatic carbocycles. The van der Waals surface area contributed by atoms with Crippen LogP contribution in [0.25, 0.3) is 0 Å². The Hall–Kier alpha value is -3.68. The van der Waals surface area contributed by atoms with E-state index in [1.165, 1.54) is 30.1 Å². The lowest BCUT2D eigenvalue weighted by Crippen LogP contribution is -2.34. The number of amides is 2. The van der Waals surface area contributed by atoms with E-state index in [9.17, 15) is 14.0 Å². The van der Waals surface area contributed by atoms with Crippen LogP contribution in [-0.4, -0.2) is 35.5 Å². The number of anilines is 1. The van der Waals surface area contributed by atoms with Gasteiger partial charge >= 0.3 is 0 Å². The average molecular weight is 411 g/mol. The highest BCUT2D eigenvalue weighted by atomic mass is 19.1. The Morgan fingerprint density at radius 3 is 2.53 bits per heavy atom. The number of carbonyl (C=O) groups is 2. The van der Waals surface area contributed by atoms with Gasteiger partial charge in [-0.05, 0) is 56.3 Å². The van der Waals surface area contributed by atoms with E-state index in [1.54, 1.807) is 30.3 Å². The molecule has 30 heavy (non-hydrogen) atoms. The van der Waals surface area contributed by atoms with Gasteiger partial charge in [0.25, 0.3) is 5.91 Å². The van der Waals surface area contributed by atoms with Crippen LogP contribution in [0.3, 0.4) is 0 Å². The van der Waals surface area contributed by atoms with E-state index in [2.05, 4.69) is 10.5 Å². The van der Waals surface area contributed by atoms with E-state index < -0.39 is 11.7 Å². The molecule has 0 saturated carbocycles. The lowest BCUT2D eigenvalue weighted by Gasteiger charge is -2.17. The summed E-state index contributed by atoms with van der Waals surface area (Å²) in [6.07, 6.45) is 0. The van der Waals surface area contributed by atoms with Gasteiger partial charge in [0.15, 0.2) is 0 Å². The number of hydrogen-bond donors (Lipinski definition) is 1. The normalized spacial score (nSPS) is 10.5. The van der Waals surface area contributed by atoms with E-state index in [0.717, 1.165) is 11.3 Å². The van der Waals surface area contributed by atoms with Crippen LogP contribution < -0.4 is 10.1 Å². The van der Waals surface area contributed by atoms with Crippen LogP contribution in [0.5, 0.6) is 5.75 Å². The highest BCUT2D eigenvalue weighted by molar-refractivity contribution is 5.99. The Balaban J connectivity index is 1.54. The summed E-state index contributed by atoms with van der Waals surface area (Å²) in [5.41, 5.74) is 2.41. The second kappa shape index (κ2) is 9.21. The van der Waals surface area contributed by atoms with Crippen LogP contribution in [-0.2, 0) is 11.4 Å². The topological polar surface area (TPSA) is 84.7 Å². The van der Waals surface area contributed by atoms with E-state index in [4.69, 9.17) is 9.26 Å². The minimum absolute atomic E-state index is 0.167. The highest BCUT2D eigenvalue weighted by Crippen LogP contribution is 2.18. The lowest BCUT2D eigenvalue weighted by atomic mass is 10.2. The van der Waals surface area contributed by atoms with Gasteiger partial charge in [-0.2, -0.15) is 0 Å². The molecule has 0 aliphatic rings. The molecule has 3 aromatic rings. The summed E-state index contributed by atoms with van der Waals surface area (Å²) in [6.45, 7) is 3.81. The number of ether oxygens (including phenoxy) is 1. The number of benzene rings is 2. The quantitative estimate of drug-likeness (QED) is 0.641. The van der Waals surface area contributed by atoms with Crippen LogP contribution in [0.4, 0.5) is 10.1 Å². The summed E-state index contributed by atoms with van der Waals surface area (Å²) in [4.78, 5) is 26.0. The maximum Gasteiger partial charge on any atom is 0.254 e. The second-order valence-corrected chi connectivity index (χ2v) is 6.84. The molecular weight excluding hydrogens is 389 g/mol. The maximum absolute atomic E-state index is 13.2. The predicted molar refractivity (Wildman–Crippen MR) is 109 cm³/mol. The summed E-state index contributed by atoms with van der Waals surface area (Å²) < 4.78 is 24.0. The first-order valence-electron chi connectivity index (χ1n) is 9.29. The molecule has 0 saturated heterocycles. The highest BCUT2D eigenvalue weighted by Gasteiger charge is 2.16. The van der Waals surface area contributed by atoms with Gasteiger partial charge in [0.1, 0.15) is 23.9 Å². The molecule has 1 heterocycles. The molecule has 0 aliphatic heterocycles. The molecule has 3 rings (SSSR count). The van der Waals surface area contributed by atoms with Crippen molar-refractivity contribution in [1.29, 1.82) is 0 Å². The van der Waals surface area contributed by atoms with Crippen molar-refractivity contribution >= 4 is 17.5 Å². The van der Waals surface area contributed by atoms with Gasteiger partial charge in [-0.15, -0.1) is 0 Å². The SMILES string of the molecule is Cc1noc(C)c1COc1ccc(C(=O)N(C)CC(=O)Nc2cccc(F)c2)cc1. The Bertz CT molecular complexity index is 1030. The molecule has 0 fully saturated rings. The average Bonchev–Trinajstić information content (AvgIpc) is 3.03. The Kier molecular flexibility index (Phi) is 6.46. The van der Waals surface area contributed by atoms with Crippen molar-refractivity contribution in [2.24, 2.45) is 0 Å². The molecular formula is C22H22FN3O4. The van der Waals surface area contributed by atoms with Crippen molar-refractivity contribution in [2.75, 3.05) is 18.9 Å². The molecule has 2 amide bonds. The number of aryl methyl sites for hydroxylation is 2. The van der Waals surface area contributed by atoms with Crippen molar-refractivity contribution in [3.05, 3.63) is 76.9 Å². The van der Waals surface area contributed by atoms with Crippen LogP contribution in [0, 0.1) is 19.7 Å². The maximum atomic E-state index is 13.2. The summed E-state index contributed by atoms with van der Waals surface area (Å²) in [7, 11) is 1.52. The first kappa shape index (κ1) is 21.0. The number of carbonyl (C=O) groups excluding carboxylic acids is 2. The number of aromatic nitrogens is 1. The Morgan fingerprint density at radius 1 is 1.17 bits per heavy atom. The summed E-state index contributed by atoms with van der Waals surface area (Å²) in [5.74, 6) is 0.113. The van der Waals surface area contributed by atoms with Gasteiger partial charge in [0.2, 0.25) is 5.91 Å². The number of likely N-dealkylation sites (N-methyl/N-ethyl adjacent to an activating group) is 1. The summed E-state index contributed by atoms with van der Waals surface area (Å²) >= 11 is 0. The summed E-state index contributed by atoms with van der Waals surface area (Å²) in [6, 6.07) is 12.2. The molecule has 0 unspecified atom stereocenters. The first-order valence-corrected chi connectivity index (χ1v) is 9.29. The third-order valence-corrected chi connectivity index (χ3v) is 4.50. The van der Waals surface area contributed by atoms with E-state index >= 15 is 0 Å². The fourth-order valence-electron chi connectivity index (χ4n) is 2.83. The van der Waals surface area contributed by atoms with E-state index in [1.807, 2.05) is 13.8 Å². The van der Waals surface area contributed by atoms with Crippen LogP contribution in [0.1, 0.15) is 27.4 Å². The lowest BCUT2D eigenvalue weighted by molar-refractivity contribution is -0.116. The zero-order valence-electron chi connectivity index (χ0n) is 16.9. The molecule has 1 N–H and O–H groups in total. The molecule has 0 aliphatic carbocycles. The molecule has 8 heteroatoms. The first-order chi connectivity index (χ1) is 14.3. The third-order valence-electron chi connectivity index (χ3n) is 4.50. The van der Waals surface area contributed by atoms with Gasteiger partial charge < -0.3 is 19.5 Å². The fourth-order valence-corrected chi connectivity index (χ4v) is 2.83. The number of rotatable bonds is 7. The number of halogens is 1. The standard InChI is InChI=1S/C22H22FN3O4/c1-14-20(15(2)30-25-14)13-29-19-9-7-16(8-10-19)22(28)26(3)12-21(27)24-18-6-4-5-17(23)11-18/h4-11H,12-13H2,1-3H3,(H,24,27). The zero-order valence-corrected chi connectivity index (χ0v) is 16.9. The van der Waals surface area contributed by atoms with Crippen LogP contribution >= 0.6 is 0 Å². The second-order valence-electron chi connectivity index (χ2n) is 6.84. The predicted octanol–water partition coefficient (Wildman–Crippen LogP) is 3.72. The molecule has 0 atom stereocenters. The minimum Gasteiger partial charge on any atom is -0.489 e. The summed E-state index contributed by atoms with van der Waals surface area (Å²) in [5, 5.41) is 6.45. The van der Waals surface area contributed by atoms with Gasteiger partial charge in [0, 0.05) is 18.3 Å². The van der Waals surface area contributed by atoms with Gasteiger partial charge in [0.05, 0.1) is 17.8 Å². The molecule has 0 bridgehead atoms. The molecule has 0 spiro atoms. The molecule has 0 radical (unpaired) electrons.